The van der Waals surface area contributed by atoms with E-state index >= 15 is 0 Å². The van der Waals surface area contributed by atoms with E-state index in [0.29, 0.717) is 24.3 Å². The molecule has 0 N–H and O–H groups in total. The summed E-state index contributed by atoms with van der Waals surface area (Å²) < 4.78 is 20.6. The molecular formula is C18H19FN4O. The fourth-order valence-corrected chi connectivity index (χ4v) is 3.38. The van der Waals surface area contributed by atoms with Crippen molar-refractivity contribution in [3.05, 3.63) is 60.0 Å². The number of likely N-dealkylation sites (tertiary alicyclic amines) is 1. The van der Waals surface area contributed by atoms with Gasteiger partial charge in [-0.15, -0.1) is 0 Å². The van der Waals surface area contributed by atoms with Gasteiger partial charge in [0.2, 0.25) is 11.7 Å². The van der Waals surface area contributed by atoms with Gasteiger partial charge in [-0.3, -0.25) is 4.90 Å². The number of hydrogen-bond donors (Lipinski definition) is 0. The van der Waals surface area contributed by atoms with Gasteiger partial charge in [0.1, 0.15) is 5.82 Å². The van der Waals surface area contributed by atoms with Crippen molar-refractivity contribution in [2.45, 2.75) is 25.4 Å². The van der Waals surface area contributed by atoms with Gasteiger partial charge < -0.3 is 9.09 Å². The third-order valence-electron chi connectivity index (χ3n) is 4.60. The summed E-state index contributed by atoms with van der Waals surface area (Å²) in [6, 6.07) is 10.7. The Kier molecular flexibility index (Phi) is 3.90. The quantitative estimate of drug-likeness (QED) is 0.735. The molecule has 0 saturated carbocycles. The van der Waals surface area contributed by atoms with Crippen molar-refractivity contribution < 1.29 is 8.91 Å². The standard InChI is InChI=1S/C18H19FN4O/c1-22-10-2-4-15(22)16-5-3-11-23(16)12-17-20-18(21-24-17)13-6-8-14(19)9-7-13/h2,4,6-10,16H,3,5,11-12H2,1H3. The molecule has 1 aromatic carbocycles. The van der Waals surface area contributed by atoms with Crippen LogP contribution in [0.15, 0.2) is 47.1 Å². The molecular weight excluding hydrogens is 307 g/mol. The van der Waals surface area contributed by atoms with Crippen molar-refractivity contribution in [1.29, 1.82) is 0 Å². The highest BCUT2D eigenvalue weighted by Crippen LogP contribution is 2.33. The third kappa shape index (κ3) is 2.85. The van der Waals surface area contributed by atoms with Gasteiger partial charge in [-0.2, -0.15) is 4.98 Å². The normalized spacial score (nSPS) is 18.3. The Balaban J connectivity index is 1.51. The first-order valence-corrected chi connectivity index (χ1v) is 8.14. The van der Waals surface area contributed by atoms with E-state index in [4.69, 9.17) is 4.52 Å². The van der Waals surface area contributed by atoms with Crippen LogP contribution >= 0.6 is 0 Å². The highest BCUT2D eigenvalue weighted by atomic mass is 19.1. The lowest BCUT2D eigenvalue weighted by Crippen LogP contribution is -2.24. The summed E-state index contributed by atoms with van der Waals surface area (Å²) in [6.07, 6.45) is 4.37. The van der Waals surface area contributed by atoms with Gasteiger partial charge in [0, 0.05) is 24.5 Å². The molecule has 2 aromatic heterocycles. The van der Waals surface area contributed by atoms with E-state index in [2.05, 4.69) is 45.0 Å². The Morgan fingerprint density at radius 2 is 2.08 bits per heavy atom. The monoisotopic (exact) mass is 326 g/mol. The molecule has 24 heavy (non-hydrogen) atoms. The van der Waals surface area contributed by atoms with Crippen LogP contribution in [0.3, 0.4) is 0 Å². The number of halogens is 1. The first kappa shape index (κ1) is 15.1. The Morgan fingerprint density at radius 3 is 2.83 bits per heavy atom. The Hall–Kier alpha value is -2.47. The lowest BCUT2D eigenvalue weighted by Gasteiger charge is -2.23. The molecule has 0 aliphatic carbocycles. The van der Waals surface area contributed by atoms with E-state index in [-0.39, 0.29) is 5.82 Å². The van der Waals surface area contributed by atoms with E-state index in [1.54, 1.807) is 12.1 Å². The summed E-state index contributed by atoms with van der Waals surface area (Å²) in [7, 11) is 2.07. The summed E-state index contributed by atoms with van der Waals surface area (Å²) in [5.74, 6) is 0.819. The number of hydrogen-bond acceptors (Lipinski definition) is 4. The first-order chi connectivity index (χ1) is 11.7. The smallest absolute Gasteiger partial charge is 0.241 e. The van der Waals surface area contributed by atoms with E-state index < -0.39 is 0 Å². The van der Waals surface area contributed by atoms with Crippen LogP contribution in [0, 0.1) is 5.82 Å². The molecule has 5 nitrogen and oxygen atoms in total. The molecule has 4 rings (SSSR count). The molecule has 3 aromatic rings. The van der Waals surface area contributed by atoms with Crippen LogP contribution in [-0.2, 0) is 13.6 Å². The van der Waals surface area contributed by atoms with Crippen molar-refractivity contribution in [3.63, 3.8) is 0 Å². The summed E-state index contributed by atoms with van der Waals surface area (Å²) >= 11 is 0. The van der Waals surface area contributed by atoms with Crippen LogP contribution in [0.25, 0.3) is 11.4 Å². The van der Waals surface area contributed by atoms with Crippen LogP contribution in [-0.4, -0.2) is 26.2 Å². The average Bonchev–Trinajstić information content (AvgIpc) is 3.30. The SMILES string of the molecule is Cn1cccc1C1CCCN1Cc1nc(-c2ccc(F)cc2)no1. The van der Waals surface area contributed by atoms with Gasteiger partial charge in [-0.05, 0) is 55.8 Å². The molecule has 1 atom stereocenters. The Morgan fingerprint density at radius 1 is 1.25 bits per heavy atom. The molecule has 1 saturated heterocycles. The molecule has 3 heterocycles. The number of rotatable bonds is 4. The molecule has 1 aliphatic heterocycles. The van der Waals surface area contributed by atoms with Crippen LogP contribution in [0.5, 0.6) is 0 Å². The molecule has 0 bridgehead atoms. The second kappa shape index (κ2) is 6.20. The average molecular weight is 326 g/mol. The highest BCUT2D eigenvalue weighted by Gasteiger charge is 2.29. The third-order valence-corrected chi connectivity index (χ3v) is 4.60. The fraction of sp³-hybridized carbons (Fsp3) is 0.333. The van der Waals surface area contributed by atoms with Crippen molar-refractivity contribution >= 4 is 0 Å². The van der Waals surface area contributed by atoms with Crippen LogP contribution in [0.4, 0.5) is 4.39 Å². The second-order valence-corrected chi connectivity index (χ2v) is 6.19. The predicted molar refractivity (Wildman–Crippen MR) is 87.5 cm³/mol. The maximum absolute atomic E-state index is 13.0. The summed E-state index contributed by atoms with van der Waals surface area (Å²) in [5.41, 5.74) is 2.07. The van der Waals surface area contributed by atoms with E-state index in [1.807, 2.05) is 0 Å². The minimum absolute atomic E-state index is 0.273. The van der Waals surface area contributed by atoms with Crippen LogP contribution < -0.4 is 0 Å². The Bertz CT molecular complexity index is 824. The second-order valence-electron chi connectivity index (χ2n) is 6.19. The molecule has 124 valence electrons. The van der Waals surface area contributed by atoms with Crippen LogP contribution in [0.1, 0.15) is 30.5 Å². The van der Waals surface area contributed by atoms with Gasteiger partial charge in [-0.1, -0.05) is 5.16 Å². The van der Waals surface area contributed by atoms with Crippen molar-refractivity contribution in [3.8, 4) is 11.4 Å². The number of aryl methyl sites for hydroxylation is 1. The zero-order chi connectivity index (χ0) is 16.5. The molecule has 0 amide bonds. The highest BCUT2D eigenvalue weighted by molar-refractivity contribution is 5.53. The summed E-state index contributed by atoms with van der Waals surface area (Å²) in [5, 5.41) is 4.02. The van der Waals surface area contributed by atoms with Gasteiger partial charge in [0.25, 0.3) is 0 Å². The lowest BCUT2D eigenvalue weighted by atomic mass is 10.1. The van der Waals surface area contributed by atoms with E-state index in [0.717, 1.165) is 24.9 Å². The van der Waals surface area contributed by atoms with Crippen molar-refractivity contribution in [2.24, 2.45) is 7.05 Å². The fourth-order valence-electron chi connectivity index (χ4n) is 3.38. The number of nitrogens with zero attached hydrogens (tertiary/aromatic N) is 4. The predicted octanol–water partition coefficient (Wildman–Crippen LogP) is 3.55. The molecule has 6 heteroatoms. The van der Waals surface area contributed by atoms with E-state index in [9.17, 15) is 4.39 Å². The molecule has 1 unspecified atom stereocenters. The number of aromatic nitrogens is 3. The zero-order valence-corrected chi connectivity index (χ0v) is 13.5. The van der Waals surface area contributed by atoms with Gasteiger partial charge in [-0.25, -0.2) is 4.39 Å². The minimum atomic E-state index is -0.273. The van der Waals surface area contributed by atoms with Gasteiger partial charge >= 0.3 is 0 Å². The maximum atomic E-state index is 13.0. The largest absolute Gasteiger partial charge is 0.353 e. The van der Waals surface area contributed by atoms with Crippen molar-refractivity contribution in [1.82, 2.24) is 19.6 Å². The zero-order valence-electron chi connectivity index (χ0n) is 13.5. The Labute approximate surface area is 139 Å². The van der Waals surface area contributed by atoms with E-state index in [1.165, 1.54) is 17.8 Å². The topological polar surface area (TPSA) is 47.1 Å². The summed E-state index contributed by atoms with van der Waals surface area (Å²) in [4.78, 5) is 6.84. The van der Waals surface area contributed by atoms with Crippen LogP contribution in [0.2, 0.25) is 0 Å². The molecule has 1 fully saturated rings. The molecule has 0 spiro atoms. The maximum Gasteiger partial charge on any atom is 0.241 e. The van der Waals surface area contributed by atoms with Gasteiger partial charge in [0.05, 0.1) is 12.6 Å². The minimum Gasteiger partial charge on any atom is -0.353 e. The van der Waals surface area contributed by atoms with Gasteiger partial charge in [0.15, 0.2) is 0 Å². The summed E-state index contributed by atoms with van der Waals surface area (Å²) in [6.45, 7) is 1.65. The molecule has 0 radical (unpaired) electrons. The first-order valence-electron chi connectivity index (χ1n) is 8.14. The van der Waals surface area contributed by atoms with Crippen molar-refractivity contribution in [2.75, 3.05) is 6.54 Å². The number of benzene rings is 1. The lowest BCUT2D eigenvalue weighted by molar-refractivity contribution is 0.207. The molecule has 1 aliphatic rings.